The number of carbonyl (C=O) groups excluding carboxylic acids is 1. The third-order valence-corrected chi connectivity index (χ3v) is 3.74. The van der Waals surface area contributed by atoms with Crippen molar-refractivity contribution in [3.05, 3.63) is 59.7 Å². The van der Waals surface area contributed by atoms with Crippen molar-refractivity contribution < 1.29 is 27.8 Å². The zero-order valence-corrected chi connectivity index (χ0v) is 13.5. The van der Waals surface area contributed by atoms with E-state index in [4.69, 9.17) is 4.74 Å². The molecule has 0 saturated heterocycles. The number of ether oxygens (including phenoxy) is 1. The van der Waals surface area contributed by atoms with E-state index in [9.17, 15) is 23.1 Å². The smallest absolute Gasteiger partial charge is 0.473 e. The molecular weight excluding hydrogens is 349 g/mol. The van der Waals surface area contributed by atoms with Crippen molar-refractivity contribution in [2.24, 2.45) is 4.99 Å². The fourth-order valence-electron chi connectivity index (χ4n) is 2.55. The predicted octanol–water partition coefficient (Wildman–Crippen LogP) is 3.81. The molecule has 0 spiro atoms. The summed E-state index contributed by atoms with van der Waals surface area (Å²) in [4.78, 5) is 17.4. The molecule has 0 bridgehead atoms. The molecular formula is C18H13F3N2O3. The molecule has 1 amide bonds. The molecule has 0 atom stereocenters. The van der Waals surface area contributed by atoms with E-state index < -0.39 is 12.1 Å². The molecule has 3 rings (SSSR count). The lowest BCUT2D eigenvalue weighted by Gasteiger charge is -2.09. The molecule has 0 unspecified atom stereocenters. The van der Waals surface area contributed by atoms with Crippen molar-refractivity contribution in [3.8, 4) is 11.6 Å². The molecule has 0 saturated carbocycles. The maximum absolute atomic E-state index is 12.8. The maximum atomic E-state index is 12.8. The maximum Gasteiger partial charge on any atom is 0.473 e. The second-order valence-electron chi connectivity index (χ2n) is 5.39. The summed E-state index contributed by atoms with van der Waals surface area (Å²) in [6, 6.07) is 12.6. The molecule has 2 N–H and O–H groups in total. The van der Waals surface area contributed by atoms with Crippen LogP contribution in [-0.2, 0) is 4.79 Å². The minimum atomic E-state index is -5.13. The molecule has 3 aromatic rings. The van der Waals surface area contributed by atoms with Crippen LogP contribution in [-0.4, -0.2) is 35.0 Å². The predicted molar refractivity (Wildman–Crippen MR) is 89.7 cm³/mol. The Labute approximate surface area is 145 Å². The van der Waals surface area contributed by atoms with E-state index in [2.05, 4.69) is 9.98 Å². The standard InChI is InChI=1S/C18H13F3N2O3/c1-26-11-8-6-10(7-9-11)15(23-17(25)18(19,20)21)14-12-4-2-3-5-13(12)22-16(14)24/h2-9,22,24H,1H3. The van der Waals surface area contributed by atoms with Crippen molar-refractivity contribution in [2.75, 3.05) is 7.11 Å². The number of nitrogens with zero attached hydrogens (tertiary/aromatic N) is 1. The third kappa shape index (κ3) is 3.26. The Morgan fingerprint density at radius 3 is 2.38 bits per heavy atom. The van der Waals surface area contributed by atoms with Gasteiger partial charge in [-0.3, -0.25) is 4.79 Å². The lowest BCUT2D eigenvalue weighted by Crippen LogP contribution is -2.22. The number of alkyl halides is 3. The first-order valence-corrected chi connectivity index (χ1v) is 7.45. The van der Waals surface area contributed by atoms with Gasteiger partial charge in [-0.1, -0.05) is 18.2 Å². The Hall–Kier alpha value is -3.29. The molecule has 0 aliphatic heterocycles. The van der Waals surface area contributed by atoms with Crippen molar-refractivity contribution in [2.45, 2.75) is 6.18 Å². The third-order valence-electron chi connectivity index (χ3n) is 3.74. The molecule has 134 valence electrons. The summed E-state index contributed by atoms with van der Waals surface area (Å²) in [7, 11) is 1.45. The summed E-state index contributed by atoms with van der Waals surface area (Å²) < 4.78 is 43.3. The van der Waals surface area contributed by atoms with Gasteiger partial charge in [0.15, 0.2) is 5.88 Å². The van der Waals surface area contributed by atoms with Crippen molar-refractivity contribution in [1.29, 1.82) is 0 Å². The number of carbonyl (C=O) groups is 1. The molecule has 0 aliphatic rings. The normalized spacial score (nSPS) is 12.4. The van der Waals surface area contributed by atoms with Gasteiger partial charge in [-0.2, -0.15) is 13.2 Å². The monoisotopic (exact) mass is 362 g/mol. The number of para-hydroxylation sites is 1. The number of aromatic amines is 1. The minimum absolute atomic E-state index is 0.0170. The Morgan fingerprint density at radius 2 is 1.77 bits per heavy atom. The highest BCUT2D eigenvalue weighted by Crippen LogP contribution is 2.31. The molecule has 1 heterocycles. The van der Waals surface area contributed by atoms with Gasteiger partial charge in [0.1, 0.15) is 5.75 Å². The fraction of sp³-hybridized carbons (Fsp3) is 0.111. The van der Waals surface area contributed by atoms with E-state index >= 15 is 0 Å². The summed E-state index contributed by atoms with van der Waals surface area (Å²) >= 11 is 0. The average molecular weight is 362 g/mol. The number of fused-ring (bicyclic) bond motifs is 1. The van der Waals surface area contributed by atoms with Crippen molar-refractivity contribution in [1.82, 2.24) is 4.98 Å². The van der Waals surface area contributed by atoms with Crippen LogP contribution >= 0.6 is 0 Å². The number of nitrogens with one attached hydrogen (secondary N) is 1. The number of aromatic nitrogens is 1. The van der Waals surface area contributed by atoms with E-state index in [0.717, 1.165) is 0 Å². The SMILES string of the molecule is COc1ccc(C(=NC(=O)C(F)(F)F)c2c(O)[nH]c3ccccc23)cc1. The summed E-state index contributed by atoms with van der Waals surface area (Å²) in [5.74, 6) is -2.15. The van der Waals surface area contributed by atoms with Crippen molar-refractivity contribution >= 4 is 22.5 Å². The van der Waals surface area contributed by atoms with Gasteiger partial charge in [-0.25, -0.2) is 4.99 Å². The summed E-state index contributed by atoms with van der Waals surface area (Å²) in [5, 5.41) is 10.7. The second kappa shape index (κ2) is 6.55. The van der Waals surface area contributed by atoms with Gasteiger partial charge in [-0.05, 0) is 30.3 Å². The van der Waals surface area contributed by atoms with Gasteiger partial charge < -0.3 is 14.8 Å². The van der Waals surface area contributed by atoms with Crippen LogP contribution in [0.2, 0.25) is 0 Å². The lowest BCUT2D eigenvalue weighted by atomic mass is 10.0. The Balaban J connectivity index is 2.24. The van der Waals surface area contributed by atoms with Gasteiger partial charge in [0.2, 0.25) is 0 Å². The molecule has 8 heteroatoms. The van der Waals surface area contributed by atoms with E-state index in [1.165, 1.54) is 31.4 Å². The van der Waals surface area contributed by atoms with E-state index in [0.29, 0.717) is 16.7 Å². The largest absolute Gasteiger partial charge is 0.497 e. The van der Waals surface area contributed by atoms with E-state index in [1.54, 1.807) is 24.3 Å². The second-order valence-corrected chi connectivity index (χ2v) is 5.39. The first-order valence-electron chi connectivity index (χ1n) is 7.45. The quantitative estimate of drug-likeness (QED) is 0.696. The van der Waals surface area contributed by atoms with Gasteiger partial charge in [-0.15, -0.1) is 0 Å². The van der Waals surface area contributed by atoms with Gasteiger partial charge in [0.05, 0.1) is 18.4 Å². The Bertz CT molecular complexity index is 989. The summed E-state index contributed by atoms with van der Waals surface area (Å²) in [6.45, 7) is 0. The lowest BCUT2D eigenvalue weighted by molar-refractivity contribution is -0.169. The van der Waals surface area contributed by atoms with Gasteiger partial charge in [0, 0.05) is 16.5 Å². The molecule has 0 radical (unpaired) electrons. The van der Waals surface area contributed by atoms with Crippen molar-refractivity contribution in [3.63, 3.8) is 0 Å². The molecule has 2 aromatic carbocycles. The minimum Gasteiger partial charge on any atom is -0.497 e. The molecule has 5 nitrogen and oxygen atoms in total. The zero-order chi connectivity index (χ0) is 18.9. The van der Waals surface area contributed by atoms with Gasteiger partial charge in [0.25, 0.3) is 0 Å². The first kappa shape index (κ1) is 17.5. The fourth-order valence-corrected chi connectivity index (χ4v) is 2.55. The number of benzene rings is 2. The number of methoxy groups -OCH3 is 1. The highest BCUT2D eigenvalue weighted by Gasteiger charge is 2.39. The molecule has 26 heavy (non-hydrogen) atoms. The number of hydrogen-bond donors (Lipinski definition) is 2. The van der Waals surface area contributed by atoms with Crippen LogP contribution < -0.4 is 4.74 Å². The van der Waals surface area contributed by atoms with Crippen LogP contribution in [0.25, 0.3) is 10.9 Å². The van der Waals surface area contributed by atoms with Crippen LogP contribution in [0.5, 0.6) is 11.6 Å². The van der Waals surface area contributed by atoms with E-state index in [1.807, 2.05) is 0 Å². The van der Waals surface area contributed by atoms with Crippen LogP contribution in [0.15, 0.2) is 53.5 Å². The van der Waals surface area contributed by atoms with Crippen LogP contribution in [0.3, 0.4) is 0 Å². The highest BCUT2D eigenvalue weighted by molar-refractivity contribution is 6.23. The van der Waals surface area contributed by atoms with Crippen LogP contribution in [0.4, 0.5) is 13.2 Å². The summed E-state index contributed by atoms with van der Waals surface area (Å²) in [5.41, 5.74) is 0.456. The van der Waals surface area contributed by atoms with E-state index in [-0.39, 0.29) is 22.7 Å². The molecule has 0 fully saturated rings. The number of rotatable bonds is 3. The molecule has 0 aliphatic carbocycles. The van der Waals surface area contributed by atoms with Crippen LogP contribution in [0, 0.1) is 0 Å². The number of hydrogen-bond acceptors (Lipinski definition) is 3. The zero-order valence-electron chi connectivity index (χ0n) is 13.5. The van der Waals surface area contributed by atoms with Crippen LogP contribution in [0.1, 0.15) is 11.1 Å². The molecule has 1 aromatic heterocycles. The number of aliphatic imine (C=N–C) groups is 1. The number of aromatic hydroxyl groups is 1. The number of H-pyrrole nitrogens is 1. The first-order chi connectivity index (χ1) is 12.3. The topological polar surface area (TPSA) is 74.7 Å². The highest BCUT2D eigenvalue weighted by atomic mass is 19.4. The Morgan fingerprint density at radius 1 is 1.12 bits per heavy atom. The number of amides is 1. The average Bonchev–Trinajstić information content (AvgIpc) is 2.94. The van der Waals surface area contributed by atoms with Gasteiger partial charge >= 0.3 is 12.1 Å². The Kier molecular flexibility index (Phi) is 4.41. The number of halogens is 3. The summed E-state index contributed by atoms with van der Waals surface area (Å²) in [6.07, 6.45) is -5.13.